The predicted octanol–water partition coefficient (Wildman–Crippen LogP) is 4.19. The fourth-order valence-electron chi connectivity index (χ4n) is 2.67. The molecule has 1 aromatic heterocycles. The van der Waals surface area contributed by atoms with E-state index in [0.29, 0.717) is 24.7 Å². The Kier molecular flexibility index (Phi) is 6.95. The second-order valence-corrected chi connectivity index (χ2v) is 6.39. The number of ether oxygens (including phenoxy) is 1. The van der Waals surface area contributed by atoms with E-state index in [1.807, 2.05) is 74.5 Å². The summed E-state index contributed by atoms with van der Waals surface area (Å²) in [4.78, 5) is 21.5. The van der Waals surface area contributed by atoms with Crippen LogP contribution in [0.5, 0.6) is 5.75 Å². The van der Waals surface area contributed by atoms with Gasteiger partial charge < -0.3 is 10.1 Å². The summed E-state index contributed by atoms with van der Waals surface area (Å²) in [5.74, 6) is 0.909. The molecule has 3 rings (SSSR count). The van der Waals surface area contributed by atoms with Gasteiger partial charge in [0.1, 0.15) is 5.75 Å². The summed E-state index contributed by atoms with van der Waals surface area (Å²) in [6.45, 7) is 4.84. The lowest BCUT2D eigenvalue weighted by Crippen LogP contribution is -2.36. The predicted molar refractivity (Wildman–Crippen MR) is 115 cm³/mol. The van der Waals surface area contributed by atoms with E-state index in [1.54, 1.807) is 12.3 Å². The Balaban J connectivity index is 1.77. The zero-order chi connectivity index (χ0) is 20.5. The van der Waals surface area contributed by atoms with Gasteiger partial charge in [-0.3, -0.25) is 15.1 Å². The molecule has 0 atom stereocenters. The van der Waals surface area contributed by atoms with Crippen molar-refractivity contribution in [1.82, 2.24) is 10.3 Å². The van der Waals surface area contributed by atoms with Crippen molar-refractivity contribution in [1.29, 1.82) is 0 Å². The van der Waals surface area contributed by atoms with Crippen molar-refractivity contribution in [2.75, 3.05) is 11.9 Å². The summed E-state index contributed by atoms with van der Waals surface area (Å²) in [5.41, 5.74) is 3.19. The molecule has 0 fully saturated rings. The molecule has 0 radical (unpaired) electrons. The first kappa shape index (κ1) is 20.1. The monoisotopic (exact) mass is 388 g/mol. The number of aromatic nitrogens is 1. The lowest BCUT2D eigenvalue weighted by molar-refractivity contribution is 0.0977. The van der Waals surface area contributed by atoms with E-state index in [4.69, 9.17) is 4.74 Å². The summed E-state index contributed by atoms with van der Waals surface area (Å²) < 4.78 is 5.47. The minimum atomic E-state index is -0.230. The van der Waals surface area contributed by atoms with E-state index in [2.05, 4.69) is 20.6 Å². The van der Waals surface area contributed by atoms with Crippen molar-refractivity contribution >= 4 is 17.6 Å². The van der Waals surface area contributed by atoms with E-state index in [9.17, 15) is 4.79 Å². The van der Waals surface area contributed by atoms with Gasteiger partial charge in [0, 0.05) is 17.4 Å². The van der Waals surface area contributed by atoms with Crippen LogP contribution in [0.2, 0.25) is 0 Å². The molecule has 6 nitrogen and oxygen atoms in total. The van der Waals surface area contributed by atoms with Crippen LogP contribution in [0.25, 0.3) is 0 Å². The van der Waals surface area contributed by atoms with Gasteiger partial charge in [-0.1, -0.05) is 23.8 Å². The Bertz CT molecular complexity index is 970. The molecule has 0 aliphatic heterocycles. The largest absolute Gasteiger partial charge is 0.494 e. The maximum Gasteiger partial charge on any atom is 0.257 e. The molecule has 0 bridgehead atoms. The number of carbonyl (C=O) groups is 1. The molecular weight excluding hydrogens is 364 g/mol. The van der Waals surface area contributed by atoms with Crippen LogP contribution in [-0.4, -0.2) is 23.5 Å². The van der Waals surface area contributed by atoms with Crippen molar-refractivity contribution in [2.24, 2.45) is 4.99 Å². The second kappa shape index (κ2) is 10.0. The molecule has 0 unspecified atom stereocenters. The first-order valence-electron chi connectivity index (χ1n) is 9.46. The highest BCUT2D eigenvalue weighted by atomic mass is 16.5. The zero-order valence-electron chi connectivity index (χ0n) is 16.6. The Hall–Kier alpha value is -3.67. The zero-order valence-corrected chi connectivity index (χ0v) is 16.6. The molecule has 3 aromatic rings. The van der Waals surface area contributed by atoms with Crippen LogP contribution in [0.4, 0.5) is 5.69 Å². The van der Waals surface area contributed by atoms with Crippen molar-refractivity contribution in [2.45, 2.75) is 20.4 Å². The van der Waals surface area contributed by atoms with Crippen molar-refractivity contribution in [3.63, 3.8) is 0 Å². The third-order valence-corrected chi connectivity index (χ3v) is 4.07. The fraction of sp³-hybridized carbons (Fsp3) is 0.174. The Labute approximate surface area is 170 Å². The van der Waals surface area contributed by atoms with Crippen LogP contribution < -0.4 is 15.4 Å². The van der Waals surface area contributed by atoms with Crippen LogP contribution in [-0.2, 0) is 6.54 Å². The highest BCUT2D eigenvalue weighted by Gasteiger charge is 2.10. The molecule has 2 N–H and O–H groups in total. The maximum atomic E-state index is 12.7. The summed E-state index contributed by atoms with van der Waals surface area (Å²) in [5, 5.41) is 6.03. The van der Waals surface area contributed by atoms with Gasteiger partial charge in [0.15, 0.2) is 0 Å². The molecule has 148 valence electrons. The number of amides is 1. The number of aliphatic imine (C=N–C) groups is 1. The van der Waals surface area contributed by atoms with Gasteiger partial charge in [0.25, 0.3) is 5.91 Å². The average molecular weight is 388 g/mol. The summed E-state index contributed by atoms with van der Waals surface area (Å²) in [6.07, 6.45) is 1.72. The fourth-order valence-corrected chi connectivity index (χ4v) is 2.67. The molecule has 1 heterocycles. The highest BCUT2D eigenvalue weighted by Crippen LogP contribution is 2.15. The summed E-state index contributed by atoms with van der Waals surface area (Å²) in [6, 6.07) is 20.5. The lowest BCUT2D eigenvalue weighted by atomic mass is 10.1. The van der Waals surface area contributed by atoms with Crippen molar-refractivity contribution in [3.8, 4) is 5.75 Å². The third-order valence-electron chi connectivity index (χ3n) is 4.07. The van der Waals surface area contributed by atoms with E-state index >= 15 is 0 Å². The van der Waals surface area contributed by atoms with Crippen LogP contribution >= 0.6 is 0 Å². The molecular formula is C23H24N4O2. The summed E-state index contributed by atoms with van der Waals surface area (Å²) >= 11 is 0. The molecule has 0 aliphatic rings. The number of hydrogen-bond donors (Lipinski definition) is 2. The van der Waals surface area contributed by atoms with Gasteiger partial charge >= 0.3 is 0 Å². The van der Waals surface area contributed by atoms with E-state index < -0.39 is 0 Å². The standard InChI is InChI=1S/C23H24N4O2/c1-3-29-21-12-10-19(11-13-21)26-23(25-16-20-9-4-5-14-24-20)27-22(28)18-8-6-7-17(2)15-18/h4-15H,3,16H2,1-2H3,(H2,25,26,27,28). The van der Waals surface area contributed by atoms with Crippen LogP contribution in [0, 0.1) is 6.92 Å². The highest BCUT2D eigenvalue weighted by molar-refractivity contribution is 6.10. The molecule has 0 saturated carbocycles. The summed E-state index contributed by atoms with van der Waals surface area (Å²) in [7, 11) is 0. The lowest BCUT2D eigenvalue weighted by Gasteiger charge is -2.13. The normalized spacial score (nSPS) is 11.0. The third kappa shape index (κ3) is 6.17. The SMILES string of the molecule is CCOc1ccc(NC(=NCc2ccccn2)NC(=O)c2cccc(C)c2)cc1. The number of pyridine rings is 1. The number of hydrogen-bond acceptors (Lipinski definition) is 4. The smallest absolute Gasteiger partial charge is 0.257 e. The number of anilines is 1. The Morgan fingerprint density at radius 3 is 2.59 bits per heavy atom. The minimum absolute atomic E-state index is 0.230. The minimum Gasteiger partial charge on any atom is -0.494 e. The number of rotatable bonds is 6. The van der Waals surface area contributed by atoms with Gasteiger partial charge in [-0.15, -0.1) is 0 Å². The van der Waals surface area contributed by atoms with Crippen LogP contribution in [0.3, 0.4) is 0 Å². The number of benzene rings is 2. The van der Waals surface area contributed by atoms with Crippen molar-refractivity contribution < 1.29 is 9.53 Å². The topological polar surface area (TPSA) is 75.6 Å². The van der Waals surface area contributed by atoms with Gasteiger partial charge in [0.05, 0.1) is 18.8 Å². The first-order chi connectivity index (χ1) is 14.1. The Morgan fingerprint density at radius 1 is 1.07 bits per heavy atom. The van der Waals surface area contributed by atoms with Crippen molar-refractivity contribution in [3.05, 3.63) is 89.7 Å². The van der Waals surface area contributed by atoms with E-state index in [1.165, 1.54) is 0 Å². The number of carbonyl (C=O) groups excluding carboxylic acids is 1. The molecule has 29 heavy (non-hydrogen) atoms. The van der Waals surface area contributed by atoms with Gasteiger partial charge in [-0.05, 0) is 62.4 Å². The van der Waals surface area contributed by atoms with Gasteiger partial charge in [0.2, 0.25) is 5.96 Å². The molecule has 1 amide bonds. The van der Waals surface area contributed by atoms with E-state index in [0.717, 1.165) is 22.7 Å². The quantitative estimate of drug-likeness (QED) is 0.490. The van der Waals surface area contributed by atoms with Crippen LogP contribution in [0.1, 0.15) is 28.5 Å². The Morgan fingerprint density at radius 2 is 1.90 bits per heavy atom. The number of nitrogens with one attached hydrogen (secondary N) is 2. The van der Waals surface area contributed by atoms with E-state index in [-0.39, 0.29) is 5.91 Å². The average Bonchev–Trinajstić information content (AvgIpc) is 2.74. The molecule has 0 saturated heterocycles. The van der Waals surface area contributed by atoms with Gasteiger partial charge in [-0.25, -0.2) is 4.99 Å². The molecule has 2 aromatic carbocycles. The molecule has 0 aliphatic carbocycles. The molecule has 0 spiro atoms. The number of guanidine groups is 1. The second-order valence-electron chi connectivity index (χ2n) is 6.39. The van der Waals surface area contributed by atoms with Gasteiger partial charge in [-0.2, -0.15) is 0 Å². The number of aryl methyl sites for hydroxylation is 1. The van der Waals surface area contributed by atoms with Crippen LogP contribution in [0.15, 0.2) is 77.9 Å². The maximum absolute atomic E-state index is 12.7. The number of nitrogens with zero attached hydrogens (tertiary/aromatic N) is 2. The first-order valence-corrected chi connectivity index (χ1v) is 9.46. The molecule has 6 heteroatoms.